The number of rotatable bonds is 13. The third-order valence-corrected chi connectivity index (χ3v) is 8.95. The molecular weight excluding hydrogens is 642 g/mol. The maximum absolute atomic E-state index is 12.8. The number of aromatic hydroxyl groups is 2. The van der Waals surface area contributed by atoms with Crippen LogP contribution in [-0.4, -0.2) is 121 Å². The molecule has 3 aromatic rings. The van der Waals surface area contributed by atoms with Gasteiger partial charge in [-0.05, 0) is 76.1 Å². The van der Waals surface area contributed by atoms with E-state index in [1.165, 1.54) is 5.56 Å². The maximum atomic E-state index is 12.8. The smallest absolute Gasteiger partial charge is 0.326 e. The van der Waals surface area contributed by atoms with E-state index in [9.17, 15) is 35.2 Å². The van der Waals surface area contributed by atoms with Crippen molar-refractivity contribution in [2.24, 2.45) is 0 Å². The average molecular weight is 695 g/mol. The van der Waals surface area contributed by atoms with Crippen LogP contribution in [-0.2, 0) is 26.2 Å². The Labute approximate surface area is 293 Å². The van der Waals surface area contributed by atoms with Crippen LogP contribution in [0.1, 0.15) is 56.6 Å². The summed E-state index contributed by atoms with van der Waals surface area (Å²) in [6.07, 6.45) is -1.34. The molecule has 2 unspecified atom stereocenters. The number of aliphatic hydroxyl groups is 4. The van der Waals surface area contributed by atoms with Crippen molar-refractivity contribution in [3.8, 4) is 11.5 Å². The molecule has 0 spiro atoms. The number of hydrogen-bond donors (Lipinski definition) is 7. The highest BCUT2D eigenvalue weighted by Crippen LogP contribution is 2.28. The fraction of sp³-hybridized carbons (Fsp3) is 0.486. The van der Waals surface area contributed by atoms with Crippen LogP contribution in [0.3, 0.4) is 0 Å². The molecule has 1 fully saturated rings. The minimum Gasteiger partial charge on any atom is -0.507 e. The molecule has 13 heteroatoms. The van der Waals surface area contributed by atoms with Gasteiger partial charge in [0.05, 0.1) is 17.7 Å². The Balaban J connectivity index is 1.56. The quantitative estimate of drug-likeness (QED) is 0.103. The van der Waals surface area contributed by atoms with E-state index in [1.54, 1.807) is 12.1 Å². The molecule has 0 aromatic heterocycles. The lowest BCUT2D eigenvalue weighted by molar-refractivity contribution is -0.642. The number of nitrogens with one attached hydrogen (secondary N) is 1. The number of carbonyl (C=O) groups excluding carboxylic acids is 1. The van der Waals surface area contributed by atoms with Crippen LogP contribution in [0.5, 0.6) is 11.5 Å². The zero-order chi connectivity index (χ0) is 36.2. The molecule has 1 aliphatic rings. The SMILES string of the molecule is Cc1cc(CN2CCCN(Cc3ccccc3)CCN(Cc3cc(C)cc(C(=O)NC(O)CO)c3O)CCC2)c(O)c(C[N+](=O)C(O)CO)c1. The van der Waals surface area contributed by atoms with Crippen LogP contribution in [0.15, 0.2) is 54.6 Å². The molecule has 1 amide bonds. The van der Waals surface area contributed by atoms with Crippen molar-refractivity contribution < 1.29 is 40.2 Å². The first-order chi connectivity index (χ1) is 24.0. The average Bonchev–Trinajstić information content (AvgIpc) is 3.13. The number of aryl methyl sites for hydroxylation is 2. The lowest BCUT2D eigenvalue weighted by atomic mass is 10.0. The second-order valence-corrected chi connectivity index (χ2v) is 13.2. The number of hydrogen-bond acceptors (Lipinski definition) is 11. The summed E-state index contributed by atoms with van der Waals surface area (Å²) >= 11 is 0. The Morgan fingerprint density at radius 1 is 0.740 bits per heavy atom. The summed E-state index contributed by atoms with van der Waals surface area (Å²) in [5, 5.41) is 62.5. The van der Waals surface area contributed by atoms with Crippen molar-refractivity contribution in [3.05, 3.63) is 98.4 Å². The van der Waals surface area contributed by atoms with E-state index in [4.69, 9.17) is 5.11 Å². The first-order valence-corrected chi connectivity index (χ1v) is 17.1. The van der Waals surface area contributed by atoms with Gasteiger partial charge in [-0.2, -0.15) is 0 Å². The van der Waals surface area contributed by atoms with E-state index in [0.717, 1.165) is 63.2 Å². The number of nitroso groups, excluding NO2 is 1. The Morgan fingerprint density at radius 2 is 1.26 bits per heavy atom. The molecule has 1 aliphatic heterocycles. The first-order valence-electron chi connectivity index (χ1n) is 17.1. The predicted molar refractivity (Wildman–Crippen MR) is 188 cm³/mol. The number of benzene rings is 3. The number of phenolic OH excluding ortho intramolecular Hbond substituents is 2. The van der Waals surface area contributed by atoms with Gasteiger partial charge in [-0.3, -0.25) is 19.5 Å². The van der Waals surface area contributed by atoms with Gasteiger partial charge in [0.1, 0.15) is 24.3 Å². The van der Waals surface area contributed by atoms with Gasteiger partial charge >= 0.3 is 6.23 Å². The second kappa shape index (κ2) is 18.9. The molecule has 1 heterocycles. The van der Waals surface area contributed by atoms with Crippen molar-refractivity contribution in [1.29, 1.82) is 0 Å². The van der Waals surface area contributed by atoms with E-state index < -0.39 is 31.6 Å². The van der Waals surface area contributed by atoms with Crippen LogP contribution >= 0.6 is 0 Å². The zero-order valence-corrected chi connectivity index (χ0v) is 29.0. The highest BCUT2D eigenvalue weighted by Gasteiger charge is 2.25. The molecule has 1 saturated heterocycles. The van der Waals surface area contributed by atoms with E-state index in [0.29, 0.717) is 41.1 Å². The largest absolute Gasteiger partial charge is 0.507 e. The van der Waals surface area contributed by atoms with Gasteiger partial charge in [-0.15, -0.1) is 0 Å². The summed E-state index contributed by atoms with van der Waals surface area (Å²) < 4.78 is 0.349. The van der Waals surface area contributed by atoms with Gasteiger partial charge < -0.3 is 36.0 Å². The van der Waals surface area contributed by atoms with Crippen molar-refractivity contribution >= 4 is 5.91 Å². The van der Waals surface area contributed by atoms with Crippen molar-refractivity contribution in [1.82, 2.24) is 20.0 Å². The van der Waals surface area contributed by atoms with Crippen LogP contribution in [0.25, 0.3) is 0 Å². The minimum absolute atomic E-state index is 0.00417. The molecule has 0 saturated carbocycles. The fourth-order valence-electron chi connectivity index (χ4n) is 6.41. The van der Waals surface area contributed by atoms with Crippen LogP contribution in [0, 0.1) is 18.8 Å². The van der Waals surface area contributed by atoms with Crippen LogP contribution in [0.4, 0.5) is 0 Å². The third-order valence-electron chi connectivity index (χ3n) is 8.95. The summed E-state index contributed by atoms with van der Waals surface area (Å²) in [6, 6.07) is 17.3. The van der Waals surface area contributed by atoms with E-state index >= 15 is 0 Å². The minimum atomic E-state index is -1.57. The summed E-state index contributed by atoms with van der Waals surface area (Å²) in [5.74, 6) is -0.833. The van der Waals surface area contributed by atoms with E-state index in [1.807, 2.05) is 44.2 Å². The molecule has 0 bridgehead atoms. The first kappa shape index (κ1) is 38.8. The lowest BCUT2D eigenvalue weighted by Gasteiger charge is -2.28. The molecule has 4 rings (SSSR count). The maximum Gasteiger partial charge on any atom is 0.326 e. The number of carbonyl (C=O) groups is 1. The summed E-state index contributed by atoms with van der Waals surface area (Å²) in [7, 11) is 0. The fourth-order valence-corrected chi connectivity index (χ4v) is 6.41. The van der Waals surface area contributed by atoms with Gasteiger partial charge in [-0.1, -0.05) is 48.0 Å². The Kier molecular flexibility index (Phi) is 14.7. The van der Waals surface area contributed by atoms with Crippen molar-refractivity contribution in [2.75, 3.05) is 52.5 Å². The molecular formula is C37H52N5O8+. The Morgan fingerprint density at radius 3 is 1.84 bits per heavy atom. The van der Waals surface area contributed by atoms with E-state index in [-0.39, 0.29) is 23.6 Å². The normalized spacial score (nSPS) is 16.8. The highest BCUT2D eigenvalue weighted by atomic mass is 16.4. The monoisotopic (exact) mass is 694 g/mol. The topological polar surface area (TPSA) is 180 Å². The van der Waals surface area contributed by atoms with E-state index in [2.05, 4.69) is 32.1 Å². The molecule has 3 aromatic carbocycles. The van der Waals surface area contributed by atoms with Gasteiger partial charge in [0, 0.05) is 53.5 Å². The van der Waals surface area contributed by atoms with Crippen molar-refractivity contribution in [3.63, 3.8) is 0 Å². The second-order valence-electron chi connectivity index (χ2n) is 13.2. The summed E-state index contributed by atoms with van der Waals surface area (Å²) in [5.41, 5.74) is 4.54. The molecule has 13 nitrogen and oxygen atoms in total. The molecule has 2 atom stereocenters. The number of aliphatic hydroxyl groups excluding tert-OH is 4. The Hall–Kier alpha value is -3.95. The number of phenols is 2. The lowest BCUT2D eigenvalue weighted by Crippen LogP contribution is -2.37. The molecule has 7 N–H and O–H groups in total. The molecule has 272 valence electrons. The Bertz CT molecular complexity index is 1570. The van der Waals surface area contributed by atoms with Crippen LogP contribution in [0.2, 0.25) is 0 Å². The number of amides is 1. The van der Waals surface area contributed by atoms with Gasteiger partial charge in [0.15, 0.2) is 0 Å². The van der Waals surface area contributed by atoms with Gasteiger partial charge in [0.25, 0.3) is 5.91 Å². The zero-order valence-electron chi connectivity index (χ0n) is 29.0. The van der Waals surface area contributed by atoms with Gasteiger partial charge in [-0.25, -0.2) is 0 Å². The van der Waals surface area contributed by atoms with Crippen LogP contribution < -0.4 is 5.32 Å². The molecule has 0 radical (unpaired) electrons. The van der Waals surface area contributed by atoms with Gasteiger partial charge in [0.2, 0.25) is 6.54 Å². The summed E-state index contributed by atoms with van der Waals surface area (Å²) in [6.45, 7) is 8.28. The highest BCUT2D eigenvalue weighted by molar-refractivity contribution is 5.97. The summed E-state index contributed by atoms with van der Waals surface area (Å²) in [4.78, 5) is 32.0. The van der Waals surface area contributed by atoms with Crippen molar-refractivity contribution in [2.45, 2.75) is 65.3 Å². The molecule has 0 aliphatic carbocycles. The third kappa shape index (κ3) is 11.3. The number of nitrogens with zero attached hydrogens (tertiary/aromatic N) is 4. The molecule has 50 heavy (non-hydrogen) atoms. The predicted octanol–water partition coefficient (Wildman–Crippen LogP) is 1.94. The standard InChI is InChI=1S/C37H51N5O8/c1-26-16-29(35(47)31(17-26)23-42(50)34(46)25-44)21-39-10-6-12-40(20-28-8-4-3-5-9-28)14-15-41(13-7-11-39)22-30-18-27(2)19-32(36(30)48)37(49)38-33(45)24-43/h3-5,8-9,16-19,33-34,43-46H,6-7,10-15,20-25H2,1-2H3,(H2-,38,47,48,49)/p+1.